The maximum Gasteiger partial charge on any atom is 0.251 e. The minimum absolute atomic E-state index is 0.00835. The molecule has 110 valence electrons. The molecule has 0 saturated carbocycles. The summed E-state index contributed by atoms with van der Waals surface area (Å²) in [7, 11) is 0. The molecule has 1 aromatic carbocycles. The fourth-order valence-electron chi connectivity index (χ4n) is 1.96. The number of pyridine rings is 1. The largest absolute Gasteiger partial charge is 0.387 e. The first kappa shape index (κ1) is 15.3. The number of aromatic amines is 1. The number of rotatable bonds is 4. The van der Waals surface area contributed by atoms with Crippen LogP contribution in [0, 0.1) is 6.92 Å². The van der Waals surface area contributed by atoms with Gasteiger partial charge in [0.05, 0.1) is 6.10 Å². The number of nitrogens with one attached hydrogen (secondary N) is 2. The second kappa shape index (κ2) is 6.56. The average molecular weight is 307 g/mol. The zero-order valence-electron chi connectivity index (χ0n) is 11.4. The van der Waals surface area contributed by atoms with Crippen LogP contribution in [0.2, 0.25) is 5.02 Å². The summed E-state index contributed by atoms with van der Waals surface area (Å²) in [6.45, 7) is 1.70. The van der Waals surface area contributed by atoms with E-state index >= 15 is 0 Å². The molecule has 1 unspecified atom stereocenters. The van der Waals surface area contributed by atoms with E-state index < -0.39 is 12.0 Å². The quantitative estimate of drug-likeness (QED) is 0.805. The Kier molecular flexibility index (Phi) is 4.77. The standard InChI is InChI=1S/C15H15ClN2O3/c1-9-6-10(7-14(20)18-9)15(21)17-8-13(19)11-4-2-3-5-12(11)16/h2-7,13,19H,8H2,1H3,(H,17,21)(H,18,20). The van der Waals surface area contributed by atoms with Crippen LogP contribution in [0.25, 0.3) is 0 Å². The monoisotopic (exact) mass is 306 g/mol. The van der Waals surface area contributed by atoms with E-state index in [1.165, 1.54) is 6.07 Å². The van der Waals surface area contributed by atoms with E-state index in [9.17, 15) is 14.7 Å². The number of aliphatic hydroxyl groups excluding tert-OH is 1. The number of halogens is 1. The minimum atomic E-state index is -0.911. The first-order chi connectivity index (χ1) is 9.97. The summed E-state index contributed by atoms with van der Waals surface area (Å²) >= 11 is 5.97. The lowest BCUT2D eigenvalue weighted by atomic mass is 10.1. The van der Waals surface area contributed by atoms with Crippen molar-refractivity contribution in [3.8, 4) is 0 Å². The van der Waals surface area contributed by atoms with Gasteiger partial charge in [-0.05, 0) is 19.1 Å². The average Bonchev–Trinajstić information content (AvgIpc) is 2.43. The highest BCUT2D eigenvalue weighted by molar-refractivity contribution is 6.31. The normalized spacial score (nSPS) is 12.0. The molecule has 0 aliphatic heterocycles. The second-order valence-corrected chi connectivity index (χ2v) is 5.07. The van der Waals surface area contributed by atoms with Gasteiger partial charge in [-0.1, -0.05) is 29.8 Å². The third-order valence-corrected chi connectivity index (χ3v) is 3.31. The zero-order valence-corrected chi connectivity index (χ0v) is 12.1. The lowest BCUT2D eigenvalue weighted by molar-refractivity contribution is 0.0916. The smallest absolute Gasteiger partial charge is 0.251 e. The molecule has 0 fully saturated rings. The number of hydrogen-bond donors (Lipinski definition) is 3. The number of H-pyrrole nitrogens is 1. The van der Waals surface area contributed by atoms with Crippen molar-refractivity contribution in [2.75, 3.05) is 6.54 Å². The molecular formula is C15H15ClN2O3. The van der Waals surface area contributed by atoms with Crippen LogP contribution in [0.4, 0.5) is 0 Å². The van der Waals surface area contributed by atoms with E-state index in [1.807, 2.05) is 0 Å². The number of hydrogen-bond acceptors (Lipinski definition) is 3. The molecule has 0 saturated heterocycles. The Hall–Kier alpha value is -2.11. The number of aliphatic hydroxyl groups is 1. The van der Waals surface area contributed by atoms with Crippen LogP contribution in [-0.2, 0) is 0 Å². The topological polar surface area (TPSA) is 82.2 Å². The summed E-state index contributed by atoms with van der Waals surface area (Å²) in [5.74, 6) is -0.421. The first-order valence-electron chi connectivity index (χ1n) is 6.39. The summed E-state index contributed by atoms with van der Waals surface area (Å²) in [6, 6.07) is 9.66. The Bertz CT molecular complexity index is 712. The summed E-state index contributed by atoms with van der Waals surface area (Å²) in [4.78, 5) is 25.8. The number of benzene rings is 1. The molecule has 0 radical (unpaired) electrons. The summed E-state index contributed by atoms with van der Waals surface area (Å²) in [6.07, 6.45) is -0.911. The molecular weight excluding hydrogens is 292 g/mol. The molecule has 5 nitrogen and oxygen atoms in total. The van der Waals surface area contributed by atoms with Gasteiger partial charge in [0.25, 0.3) is 5.91 Å². The predicted molar refractivity (Wildman–Crippen MR) is 80.5 cm³/mol. The van der Waals surface area contributed by atoms with Gasteiger partial charge in [-0.3, -0.25) is 9.59 Å². The van der Waals surface area contributed by atoms with E-state index in [2.05, 4.69) is 10.3 Å². The first-order valence-corrected chi connectivity index (χ1v) is 6.77. The summed E-state index contributed by atoms with van der Waals surface area (Å²) in [5.41, 5.74) is 1.05. The van der Waals surface area contributed by atoms with E-state index in [0.29, 0.717) is 16.3 Å². The molecule has 0 spiro atoms. The van der Waals surface area contributed by atoms with Crippen molar-refractivity contribution in [3.05, 3.63) is 68.6 Å². The molecule has 2 aromatic rings. The van der Waals surface area contributed by atoms with Gasteiger partial charge in [-0.15, -0.1) is 0 Å². The van der Waals surface area contributed by atoms with Crippen LogP contribution in [0.15, 0.2) is 41.2 Å². The number of carbonyl (C=O) groups excluding carboxylic acids is 1. The van der Waals surface area contributed by atoms with Gasteiger partial charge < -0.3 is 15.4 Å². The van der Waals surface area contributed by atoms with Crippen LogP contribution in [0.3, 0.4) is 0 Å². The number of aryl methyl sites for hydroxylation is 1. The molecule has 21 heavy (non-hydrogen) atoms. The van der Waals surface area contributed by atoms with Crippen LogP contribution in [0.5, 0.6) is 0 Å². The van der Waals surface area contributed by atoms with Gasteiger partial charge in [-0.25, -0.2) is 0 Å². The lowest BCUT2D eigenvalue weighted by Gasteiger charge is -2.13. The molecule has 1 aromatic heterocycles. The Morgan fingerprint density at radius 2 is 2.10 bits per heavy atom. The maximum absolute atomic E-state index is 12.0. The van der Waals surface area contributed by atoms with E-state index in [4.69, 9.17) is 11.6 Å². The van der Waals surface area contributed by atoms with E-state index in [0.717, 1.165) is 0 Å². The molecule has 0 aliphatic rings. The fraction of sp³-hybridized carbons (Fsp3) is 0.200. The third-order valence-electron chi connectivity index (χ3n) is 2.96. The highest BCUT2D eigenvalue weighted by Crippen LogP contribution is 2.21. The van der Waals surface area contributed by atoms with Crippen molar-refractivity contribution in [2.24, 2.45) is 0 Å². The van der Waals surface area contributed by atoms with Gasteiger partial charge in [0.2, 0.25) is 5.56 Å². The fourth-order valence-corrected chi connectivity index (χ4v) is 2.22. The molecule has 1 atom stereocenters. The van der Waals surface area contributed by atoms with E-state index in [1.54, 1.807) is 37.3 Å². The maximum atomic E-state index is 12.0. The second-order valence-electron chi connectivity index (χ2n) is 4.66. The molecule has 1 heterocycles. The van der Waals surface area contributed by atoms with Crippen LogP contribution in [-0.4, -0.2) is 22.5 Å². The number of amides is 1. The molecule has 2 rings (SSSR count). The number of aromatic nitrogens is 1. The van der Waals surface area contributed by atoms with Crippen LogP contribution < -0.4 is 10.9 Å². The Morgan fingerprint density at radius 1 is 1.38 bits per heavy atom. The van der Waals surface area contributed by atoms with Crippen LogP contribution in [0.1, 0.15) is 27.7 Å². The van der Waals surface area contributed by atoms with Crippen molar-refractivity contribution < 1.29 is 9.90 Å². The van der Waals surface area contributed by atoms with Gasteiger partial charge in [0.15, 0.2) is 0 Å². The molecule has 0 bridgehead atoms. The summed E-state index contributed by atoms with van der Waals surface area (Å²) < 4.78 is 0. The van der Waals surface area contributed by atoms with Crippen molar-refractivity contribution in [3.63, 3.8) is 0 Å². The SMILES string of the molecule is Cc1cc(C(=O)NCC(O)c2ccccc2Cl)cc(=O)[nH]1. The summed E-state index contributed by atoms with van der Waals surface area (Å²) in [5, 5.41) is 13.1. The predicted octanol–water partition coefficient (Wildman–Crippen LogP) is 1.80. The van der Waals surface area contributed by atoms with Crippen LogP contribution >= 0.6 is 11.6 Å². The molecule has 6 heteroatoms. The highest BCUT2D eigenvalue weighted by atomic mass is 35.5. The Balaban J connectivity index is 2.04. The van der Waals surface area contributed by atoms with Gasteiger partial charge in [0, 0.05) is 34.5 Å². The number of carbonyl (C=O) groups is 1. The third kappa shape index (κ3) is 3.93. The van der Waals surface area contributed by atoms with Crippen molar-refractivity contribution in [2.45, 2.75) is 13.0 Å². The molecule has 1 amide bonds. The van der Waals surface area contributed by atoms with Crippen molar-refractivity contribution in [1.29, 1.82) is 0 Å². The Labute approximate surface area is 126 Å². The molecule has 3 N–H and O–H groups in total. The van der Waals surface area contributed by atoms with Crippen molar-refractivity contribution in [1.82, 2.24) is 10.3 Å². The minimum Gasteiger partial charge on any atom is -0.387 e. The highest BCUT2D eigenvalue weighted by Gasteiger charge is 2.13. The van der Waals surface area contributed by atoms with Gasteiger partial charge in [-0.2, -0.15) is 0 Å². The molecule has 0 aliphatic carbocycles. The lowest BCUT2D eigenvalue weighted by Crippen LogP contribution is -2.29. The van der Waals surface area contributed by atoms with E-state index in [-0.39, 0.29) is 17.7 Å². The van der Waals surface area contributed by atoms with Gasteiger partial charge in [0.1, 0.15) is 0 Å². The Morgan fingerprint density at radius 3 is 2.76 bits per heavy atom. The van der Waals surface area contributed by atoms with Crippen molar-refractivity contribution >= 4 is 17.5 Å². The van der Waals surface area contributed by atoms with Gasteiger partial charge >= 0.3 is 0 Å². The zero-order chi connectivity index (χ0) is 15.4.